The van der Waals surface area contributed by atoms with Gasteiger partial charge in [-0.15, -0.1) is 0 Å². The normalized spacial score (nSPS) is 16.1. The number of carbonyl (C=O) groups excluding carboxylic acids is 1. The average Bonchev–Trinajstić information content (AvgIpc) is 2.64. The van der Waals surface area contributed by atoms with Gasteiger partial charge in [-0.05, 0) is 37.3 Å². The van der Waals surface area contributed by atoms with E-state index in [2.05, 4.69) is 0 Å². The van der Waals surface area contributed by atoms with Crippen molar-refractivity contribution in [2.75, 3.05) is 13.1 Å². The Bertz CT molecular complexity index is 810. The minimum absolute atomic E-state index is 0.0267. The molecule has 0 aliphatic carbocycles. The van der Waals surface area contributed by atoms with Gasteiger partial charge in [-0.3, -0.25) is 4.79 Å². The molecule has 1 aliphatic heterocycles. The van der Waals surface area contributed by atoms with Crippen LogP contribution in [0.1, 0.15) is 19.8 Å². The highest BCUT2D eigenvalue weighted by molar-refractivity contribution is 6.30. The lowest BCUT2D eigenvalue weighted by Crippen LogP contribution is -2.46. The molecular formula is C20H20ClF2NO3. The summed E-state index contributed by atoms with van der Waals surface area (Å²) in [4.78, 5) is 14.3. The summed E-state index contributed by atoms with van der Waals surface area (Å²) in [6.45, 7) is 2.66. The molecular weight excluding hydrogens is 376 g/mol. The summed E-state index contributed by atoms with van der Waals surface area (Å²) in [6, 6.07) is 10.1. The second-order valence-corrected chi connectivity index (χ2v) is 6.87. The molecule has 0 radical (unpaired) electrons. The van der Waals surface area contributed by atoms with E-state index in [1.807, 2.05) is 0 Å². The molecule has 1 fully saturated rings. The molecule has 7 heteroatoms. The highest BCUT2D eigenvalue weighted by atomic mass is 35.5. The molecule has 27 heavy (non-hydrogen) atoms. The first-order valence-electron chi connectivity index (χ1n) is 8.75. The number of nitrogens with zero attached hydrogens (tertiary/aromatic N) is 1. The van der Waals surface area contributed by atoms with E-state index >= 15 is 0 Å². The van der Waals surface area contributed by atoms with E-state index in [1.54, 1.807) is 36.1 Å². The van der Waals surface area contributed by atoms with E-state index in [1.165, 1.54) is 6.07 Å². The molecule has 1 saturated heterocycles. The molecule has 0 bridgehead atoms. The van der Waals surface area contributed by atoms with Crippen LogP contribution in [-0.2, 0) is 4.79 Å². The van der Waals surface area contributed by atoms with Gasteiger partial charge in [-0.1, -0.05) is 17.7 Å². The van der Waals surface area contributed by atoms with Crippen LogP contribution in [-0.4, -0.2) is 36.1 Å². The Hall–Kier alpha value is -2.34. The topological polar surface area (TPSA) is 38.8 Å². The molecule has 0 saturated carbocycles. The summed E-state index contributed by atoms with van der Waals surface area (Å²) in [6.07, 6.45) is 0.257. The van der Waals surface area contributed by atoms with Crippen molar-refractivity contribution in [3.8, 4) is 11.5 Å². The van der Waals surface area contributed by atoms with Crippen molar-refractivity contribution in [1.29, 1.82) is 0 Å². The van der Waals surface area contributed by atoms with E-state index in [4.69, 9.17) is 21.1 Å². The van der Waals surface area contributed by atoms with E-state index in [9.17, 15) is 13.6 Å². The van der Waals surface area contributed by atoms with Gasteiger partial charge in [0.25, 0.3) is 5.91 Å². The fourth-order valence-electron chi connectivity index (χ4n) is 3.00. The van der Waals surface area contributed by atoms with Crippen molar-refractivity contribution in [1.82, 2.24) is 4.90 Å². The standard InChI is InChI=1S/C20H20ClF2NO3/c1-13(26-17-4-2-3-14(21)11-17)20(25)24-9-7-16(8-10-24)27-19-6-5-15(22)12-18(19)23/h2-6,11-13,16H,7-10H2,1H3. The fourth-order valence-corrected chi connectivity index (χ4v) is 3.18. The Morgan fingerprint density at radius 2 is 1.93 bits per heavy atom. The third-order valence-electron chi connectivity index (χ3n) is 4.40. The van der Waals surface area contributed by atoms with Crippen molar-refractivity contribution < 1.29 is 23.0 Å². The zero-order valence-corrected chi connectivity index (χ0v) is 15.6. The smallest absolute Gasteiger partial charge is 0.263 e. The summed E-state index contributed by atoms with van der Waals surface area (Å²) in [5.74, 6) is -0.931. The maximum absolute atomic E-state index is 13.7. The maximum atomic E-state index is 13.7. The Morgan fingerprint density at radius 1 is 1.19 bits per heavy atom. The Balaban J connectivity index is 1.51. The van der Waals surface area contributed by atoms with E-state index in [0.717, 1.165) is 12.1 Å². The van der Waals surface area contributed by atoms with Crippen LogP contribution in [0.25, 0.3) is 0 Å². The van der Waals surface area contributed by atoms with Crippen LogP contribution in [0.15, 0.2) is 42.5 Å². The molecule has 2 aromatic rings. The number of halogens is 3. The number of hydrogen-bond donors (Lipinski definition) is 0. The lowest BCUT2D eigenvalue weighted by Gasteiger charge is -2.33. The van der Waals surface area contributed by atoms with Gasteiger partial charge >= 0.3 is 0 Å². The van der Waals surface area contributed by atoms with Crippen LogP contribution in [0.4, 0.5) is 8.78 Å². The van der Waals surface area contributed by atoms with Crippen molar-refractivity contribution in [2.45, 2.75) is 32.0 Å². The third-order valence-corrected chi connectivity index (χ3v) is 4.63. The van der Waals surface area contributed by atoms with E-state index in [-0.39, 0.29) is 17.8 Å². The second-order valence-electron chi connectivity index (χ2n) is 6.43. The molecule has 1 heterocycles. The van der Waals surface area contributed by atoms with Gasteiger partial charge in [0.2, 0.25) is 0 Å². The fraction of sp³-hybridized carbons (Fsp3) is 0.350. The monoisotopic (exact) mass is 395 g/mol. The van der Waals surface area contributed by atoms with Gasteiger partial charge in [-0.25, -0.2) is 8.78 Å². The van der Waals surface area contributed by atoms with Crippen molar-refractivity contribution in [2.24, 2.45) is 0 Å². The van der Waals surface area contributed by atoms with Crippen LogP contribution in [0.3, 0.4) is 0 Å². The van der Waals surface area contributed by atoms with Crippen LogP contribution >= 0.6 is 11.6 Å². The number of ether oxygens (including phenoxy) is 2. The minimum atomic E-state index is -0.725. The third kappa shape index (κ3) is 5.10. The first kappa shape index (κ1) is 19.4. The number of amides is 1. The second kappa shape index (κ2) is 8.57. The van der Waals surface area contributed by atoms with Crippen LogP contribution in [0.5, 0.6) is 11.5 Å². The zero-order valence-electron chi connectivity index (χ0n) is 14.8. The van der Waals surface area contributed by atoms with Crippen LogP contribution in [0.2, 0.25) is 5.02 Å². The van der Waals surface area contributed by atoms with Crippen molar-refractivity contribution >= 4 is 17.5 Å². The summed E-state index contributed by atoms with van der Waals surface area (Å²) in [5.41, 5.74) is 0. The molecule has 1 amide bonds. The van der Waals surface area contributed by atoms with Crippen molar-refractivity contribution in [3.05, 3.63) is 59.1 Å². The van der Waals surface area contributed by atoms with E-state index < -0.39 is 17.7 Å². The van der Waals surface area contributed by atoms with E-state index in [0.29, 0.717) is 36.7 Å². The molecule has 3 rings (SSSR count). The maximum Gasteiger partial charge on any atom is 0.263 e. The van der Waals surface area contributed by atoms with Crippen molar-refractivity contribution in [3.63, 3.8) is 0 Å². The zero-order chi connectivity index (χ0) is 19.4. The van der Waals surface area contributed by atoms with Gasteiger partial charge in [0.05, 0.1) is 0 Å². The Labute approximate surface area is 161 Å². The summed E-state index contributed by atoms with van der Waals surface area (Å²) in [5, 5.41) is 0.540. The average molecular weight is 396 g/mol. The molecule has 1 aliphatic rings. The van der Waals surface area contributed by atoms with Gasteiger partial charge in [0.1, 0.15) is 17.7 Å². The van der Waals surface area contributed by atoms with Crippen LogP contribution in [0, 0.1) is 11.6 Å². The number of piperidine rings is 1. The van der Waals surface area contributed by atoms with Gasteiger partial charge in [0.15, 0.2) is 17.7 Å². The minimum Gasteiger partial charge on any atom is -0.487 e. The molecule has 4 nitrogen and oxygen atoms in total. The summed E-state index contributed by atoms with van der Waals surface area (Å²) in [7, 11) is 0. The molecule has 1 atom stereocenters. The quantitative estimate of drug-likeness (QED) is 0.750. The molecule has 0 aromatic heterocycles. The molecule has 144 valence electrons. The SMILES string of the molecule is CC(Oc1cccc(Cl)c1)C(=O)N1CCC(Oc2ccc(F)cc2F)CC1. The largest absolute Gasteiger partial charge is 0.487 e. The molecule has 0 N–H and O–H groups in total. The molecule has 1 unspecified atom stereocenters. The number of likely N-dealkylation sites (tertiary alicyclic amines) is 1. The molecule has 0 spiro atoms. The van der Waals surface area contributed by atoms with Gasteiger partial charge in [0, 0.05) is 37.0 Å². The summed E-state index contributed by atoms with van der Waals surface area (Å²) >= 11 is 5.92. The first-order chi connectivity index (χ1) is 12.9. The summed E-state index contributed by atoms with van der Waals surface area (Å²) < 4.78 is 37.9. The predicted octanol–water partition coefficient (Wildman–Crippen LogP) is 4.46. The highest BCUT2D eigenvalue weighted by Crippen LogP contribution is 2.24. The van der Waals surface area contributed by atoms with Crippen LogP contribution < -0.4 is 9.47 Å². The Kier molecular flexibility index (Phi) is 6.16. The lowest BCUT2D eigenvalue weighted by molar-refractivity contribution is -0.139. The highest BCUT2D eigenvalue weighted by Gasteiger charge is 2.28. The number of rotatable bonds is 5. The lowest BCUT2D eigenvalue weighted by atomic mass is 10.1. The number of benzene rings is 2. The number of hydrogen-bond acceptors (Lipinski definition) is 3. The van der Waals surface area contributed by atoms with Gasteiger partial charge < -0.3 is 14.4 Å². The first-order valence-corrected chi connectivity index (χ1v) is 9.13. The molecule has 2 aromatic carbocycles. The Morgan fingerprint density at radius 3 is 2.59 bits per heavy atom. The van der Waals surface area contributed by atoms with Gasteiger partial charge in [-0.2, -0.15) is 0 Å². The number of carbonyl (C=O) groups is 1. The predicted molar refractivity (Wildman–Crippen MR) is 98.1 cm³/mol.